The number of pyridine rings is 1. The van der Waals surface area contributed by atoms with Crippen LogP contribution in [0.25, 0.3) is 0 Å². The summed E-state index contributed by atoms with van der Waals surface area (Å²) in [4.78, 5) is 30.1. The van der Waals surface area contributed by atoms with Crippen molar-refractivity contribution in [1.29, 1.82) is 0 Å². The number of carbonyl (C=O) groups is 2. The lowest BCUT2D eigenvalue weighted by Gasteiger charge is -2.39. The minimum Gasteiger partial charge on any atom is -0.444 e. The maximum absolute atomic E-state index is 12.2. The number of rotatable bonds is 0. The second-order valence-electron chi connectivity index (χ2n) is 7.03. The molecule has 0 aliphatic carbocycles. The highest BCUT2D eigenvalue weighted by molar-refractivity contribution is 6.29. The standard InChI is InChI=1S/C16H20ClN3O3/c1-15(2,3)23-14(22)20-8-6-16(7-9-20)10-4-5-11(17)18-12(10)13(21)19-16/h4-5H,6-9H2,1-3H3,(H,19,21). The van der Waals surface area contributed by atoms with E-state index >= 15 is 0 Å². The molecule has 1 fully saturated rings. The van der Waals surface area contributed by atoms with Crippen molar-refractivity contribution in [2.24, 2.45) is 0 Å². The van der Waals surface area contributed by atoms with Crippen LogP contribution in [-0.4, -0.2) is 40.6 Å². The van der Waals surface area contributed by atoms with Crippen molar-refractivity contribution in [2.45, 2.75) is 44.8 Å². The quantitative estimate of drug-likeness (QED) is 0.739. The number of hydrogen-bond acceptors (Lipinski definition) is 4. The van der Waals surface area contributed by atoms with Crippen LogP contribution >= 0.6 is 11.6 Å². The number of likely N-dealkylation sites (tertiary alicyclic amines) is 1. The SMILES string of the molecule is CC(C)(C)OC(=O)N1CCC2(CC1)NC(=O)c1nc(Cl)ccc12. The summed E-state index contributed by atoms with van der Waals surface area (Å²) in [6.07, 6.45) is 0.953. The summed E-state index contributed by atoms with van der Waals surface area (Å²) in [6, 6.07) is 3.55. The Morgan fingerprint density at radius 2 is 2.00 bits per heavy atom. The number of fused-ring (bicyclic) bond motifs is 2. The molecule has 0 unspecified atom stereocenters. The lowest BCUT2D eigenvalue weighted by Crippen LogP contribution is -2.51. The largest absolute Gasteiger partial charge is 0.444 e. The molecule has 0 aromatic carbocycles. The molecule has 2 aliphatic heterocycles. The molecule has 7 heteroatoms. The van der Waals surface area contributed by atoms with Gasteiger partial charge in [-0.3, -0.25) is 4.79 Å². The number of aromatic nitrogens is 1. The molecule has 1 aromatic rings. The van der Waals surface area contributed by atoms with Gasteiger partial charge in [-0.05, 0) is 39.7 Å². The van der Waals surface area contributed by atoms with Gasteiger partial charge in [0, 0.05) is 18.7 Å². The van der Waals surface area contributed by atoms with E-state index in [9.17, 15) is 9.59 Å². The number of nitrogens with one attached hydrogen (secondary N) is 1. The van der Waals surface area contributed by atoms with E-state index in [2.05, 4.69) is 10.3 Å². The number of halogens is 1. The van der Waals surface area contributed by atoms with Crippen LogP contribution in [0.5, 0.6) is 0 Å². The number of nitrogens with zero attached hydrogens (tertiary/aromatic N) is 2. The van der Waals surface area contributed by atoms with Crippen LogP contribution in [0.4, 0.5) is 4.79 Å². The van der Waals surface area contributed by atoms with Crippen LogP contribution < -0.4 is 5.32 Å². The van der Waals surface area contributed by atoms with Crippen LogP contribution in [0, 0.1) is 0 Å². The zero-order valence-corrected chi connectivity index (χ0v) is 14.2. The highest BCUT2D eigenvalue weighted by Crippen LogP contribution is 2.39. The summed E-state index contributed by atoms with van der Waals surface area (Å²) >= 11 is 5.88. The van der Waals surface area contributed by atoms with E-state index in [4.69, 9.17) is 16.3 Å². The molecule has 124 valence electrons. The van der Waals surface area contributed by atoms with Crippen LogP contribution in [0.3, 0.4) is 0 Å². The van der Waals surface area contributed by atoms with E-state index in [1.54, 1.807) is 11.0 Å². The van der Waals surface area contributed by atoms with E-state index in [1.807, 2.05) is 26.8 Å². The molecular weight excluding hydrogens is 318 g/mol. The second-order valence-corrected chi connectivity index (χ2v) is 7.42. The van der Waals surface area contributed by atoms with Crippen LogP contribution in [0.15, 0.2) is 12.1 Å². The van der Waals surface area contributed by atoms with Gasteiger partial charge in [0.2, 0.25) is 0 Å². The Morgan fingerprint density at radius 1 is 1.35 bits per heavy atom. The van der Waals surface area contributed by atoms with Crippen molar-refractivity contribution in [1.82, 2.24) is 15.2 Å². The van der Waals surface area contributed by atoms with Gasteiger partial charge in [0.05, 0.1) is 5.54 Å². The Hall–Kier alpha value is -1.82. The van der Waals surface area contributed by atoms with Crippen molar-refractivity contribution in [3.63, 3.8) is 0 Å². The molecule has 0 atom stereocenters. The van der Waals surface area contributed by atoms with Gasteiger partial charge in [-0.1, -0.05) is 17.7 Å². The Balaban J connectivity index is 1.75. The third kappa shape index (κ3) is 3.00. The molecule has 1 saturated heterocycles. The number of piperidine rings is 1. The van der Waals surface area contributed by atoms with E-state index in [1.165, 1.54) is 0 Å². The maximum Gasteiger partial charge on any atom is 0.410 e. The van der Waals surface area contributed by atoms with Gasteiger partial charge in [-0.15, -0.1) is 0 Å². The van der Waals surface area contributed by atoms with Gasteiger partial charge < -0.3 is 15.0 Å². The first-order valence-corrected chi connectivity index (χ1v) is 8.05. The molecular formula is C16H20ClN3O3. The first-order valence-electron chi connectivity index (χ1n) is 7.68. The Labute approximate surface area is 140 Å². The molecule has 3 rings (SSSR count). The summed E-state index contributed by atoms with van der Waals surface area (Å²) in [5, 5.41) is 3.34. The molecule has 1 aromatic heterocycles. The van der Waals surface area contributed by atoms with E-state index in [0.717, 1.165) is 5.56 Å². The molecule has 2 aliphatic rings. The number of carbonyl (C=O) groups excluding carboxylic acids is 2. The molecule has 2 amide bonds. The number of hydrogen-bond donors (Lipinski definition) is 1. The summed E-state index contributed by atoms with van der Waals surface area (Å²) in [7, 11) is 0. The average molecular weight is 338 g/mol. The third-order valence-electron chi connectivity index (χ3n) is 4.21. The molecule has 1 spiro atoms. The lowest BCUT2D eigenvalue weighted by molar-refractivity contribution is 0.0152. The van der Waals surface area contributed by atoms with Crippen molar-refractivity contribution in [2.75, 3.05) is 13.1 Å². The predicted molar refractivity (Wildman–Crippen MR) is 85.4 cm³/mol. The van der Waals surface area contributed by atoms with Crippen molar-refractivity contribution >= 4 is 23.6 Å². The minimum atomic E-state index is -0.513. The number of ether oxygens (including phenoxy) is 1. The van der Waals surface area contributed by atoms with Crippen molar-refractivity contribution < 1.29 is 14.3 Å². The fourth-order valence-corrected chi connectivity index (χ4v) is 3.28. The fourth-order valence-electron chi connectivity index (χ4n) is 3.13. The van der Waals surface area contributed by atoms with Gasteiger partial charge in [0.25, 0.3) is 5.91 Å². The highest BCUT2D eigenvalue weighted by atomic mass is 35.5. The molecule has 0 bridgehead atoms. The Bertz CT molecular complexity index is 661. The molecule has 0 saturated carbocycles. The van der Waals surface area contributed by atoms with Gasteiger partial charge in [0.1, 0.15) is 16.4 Å². The van der Waals surface area contributed by atoms with Crippen molar-refractivity contribution in [3.05, 3.63) is 28.5 Å². The molecule has 23 heavy (non-hydrogen) atoms. The Kier molecular flexibility index (Phi) is 3.75. The smallest absolute Gasteiger partial charge is 0.410 e. The van der Waals surface area contributed by atoms with Crippen LogP contribution in [0.1, 0.15) is 49.7 Å². The van der Waals surface area contributed by atoms with Gasteiger partial charge in [-0.2, -0.15) is 0 Å². The summed E-state index contributed by atoms with van der Waals surface area (Å²) in [5.41, 5.74) is 0.294. The third-order valence-corrected chi connectivity index (χ3v) is 4.42. The minimum absolute atomic E-state index is 0.201. The average Bonchev–Trinajstić information content (AvgIpc) is 2.70. The summed E-state index contributed by atoms with van der Waals surface area (Å²) in [6.45, 7) is 6.59. The summed E-state index contributed by atoms with van der Waals surface area (Å²) < 4.78 is 5.40. The second kappa shape index (κ2) is 5.37. The molecule has 6 nitrogen and oxygen atoms in total. The topological polar surface area (TPSA) is 71.5 Å². The summed E-state index contributed by atoms with van der Waals surface area (Å²) in [5.74, 6) is -0.201. The van der Waals surface area contributed by atoms with Gasteiger partial charge in [-0.25, -0.2) is 9.78 Å². The van der Waals surface area contributed by atoms with E-state index in [-0.39, 0.29) is 12.0 Å². The maximum atomic E-state index is 12.2. The van der Waals surface area contributed by atoms with Crippen LogP contribution in [0.2, 0.25) is 5.15 Å². The number of amides is 2. The van der Waals surface area contributed by atoms with Gasteiger partial charge >= 0.3 is 6.09 Å². The molecule has 3 heterocycles. The zero-order valence-electron chi connectivity index (χ0n) is 13.5. The monoisotopic (exact) mass is 337 g/mol. The lowest BCUT2D eigenvalue weighted by atomic mass is 9.83. The molecule has 1 N–H and O–H groups in total. The fraction of sp³-hybridized carbons (Fsp3) is 0.562. The molecule has 0 radical (unpaired) electrons. The normalized spacial score (nSPS) is 19.5. The van der Waals surface area contributed by atoms with E-state index < -0.39 is 11.1 Å². The van der Waals surface area contributed by atoms with Crippen LogP contribution in [-0.2, 0) is 10.3 Å². The first-order chi connectivity index (χ1) is 10.7. The van der Waals surface area contributed by atoms with Crippen molar-refractivity contribution in [3.8, 4) is 0 Å². The predicted octanol–water partition coefficient (Wildman–Crippen LogP) is 2.70. The first kappa shape index (κ1) is 16.1. The highest BCUT2D eigenvalue weighted by Gasteiger charge is 2.46. The zero-order chi connectivity index (χ0) is 16.8. The van der Waals surface area contributed by atoms with E-state index in [0.29, 0.717) is 36.8 Å². The Morgan fingerprint density at radius 3 is 2.61 bits per heavy atom. The van der Waals surface area contributed by atoms with Gasteiger partial charge in [0.15, 0.2) is 0 Å².